The van der Waals surface area contributed by atoms with E-state index in [9.17, 15) is 4.79 Å². The number of amides is 1. The van der Waals surface area contributed by atoms with Gasteiger partial charge in [0.05, 0.1) is 24.6 Å². The molecule has 2 N–H and O–H groups in total. The van der Waals surface area contributed by atoms with Crippen LogP contribution in [0.2, 0.25) is 0 Å². The van der Waals surface area contributed by atoms with E-state index in [1.807, 2.05) is 12.1 Å². The molecule has 0 fully saturated rings. The zero-order chi connectivity index (χ0) is 15.1. The Labute approximate surface area is 130 Å². The number of aromatic nitrogens is 2. The summed E-state index contributed by atoms with van der Waals surface area (Å²) >= 11 is 2.74. The minimum Gasteiger partial charge on any atom is -0.467 e. The minimum atomic E-state index is -0.274. The first-order valence-electron chi connectivity index (χ1n) is 6.16. The van der Waals surface area contributed by atoms with Crippen molar-refractivity contribution in [1.82, 2.24) is 15.5 Å². The third-order valence-electron chi connectivity index (χ3n) is 2.41. The summed E-state index contributed by atoms with van der Waals surface area (Å²) in [6.07, 6.45) is 6.72. The van der Waals surface area contributed by atoms with Gasteiger partial charge in [0.1, 0.15) is 5.76 Å². The largest absolute Gasteiger partial charge is 0.467 e. The van der Waals surface area contributed by atoms with Crippen LogP contribution in [0.15, 0.2) is 27.2 Å². The Morgan fingerprint density at radius 1 is 1.62 bits per heavy atom. The molecule has 6 nitrogen and oxygen atoms in total. The van der Waals surface area contributed by atoms with E-state index in [-0.39, 0.29) is 17.7 Å². The van der Waals surface area contributed by atoms with Crippen molar-refractivity contribution in [3.8, 4) is 12.3 Å². The normalized spacial score (nSPS) is 11.6. The van der Waals surface area contributed by atoms with E-state index in [0.717, 1.165) is 10.1 Å². The summed E-state index contributed by atoms with van der Waals surface area (Å²) in [5.74, 6) is 3.07. The lowest BCUT2D eigenvalue weighted by atomic mass is 10.4. The van der Waals surface area contributed by atoms with E-state index in [0.29, 0.717) is 11.7 Å². The molecule has 1 amide bonds. The van der Waals surface area contributed by atoms with Crippen LogP contribution in [0.4, 0.5) is 5.13 Å². The van der Waals surface area contributed by atoms with Crippen molar-refractivity contribution in [2.75, 3.05) is 11.9 Å². The number of carbonyl (C=O) groups is 1. The number of nitrogens with zero attached hydrogens (tertiary/aromatic N) is 2. The van der Waals surface area contributed by atoms with Crippen molar-refractivity contribution in [2.45, 2.75) is 23.1 Å². The first-order chi connectivity index (χ1) is 10.2. The molecule has 0 aliphatic rings. The summed E-state index contributed by atoms with van der Waals surface area (Å²) in [5.41, 5.74) is 0. The van der Waals surface area contributed by atoms with Crippen LogP contribution in [0.25, 0.3) is 0 Å². The van der Waals surface area contributed by atoms with Crippen molar-refractivity contribution in [3.63, 3.8) is 0 Å². The van der Waals surface area contributed by atoms with Gasteiger partial charge in [-0.05, 0) is 19.1 Å². The molecule has 2 aromatic heterocycles. The van der Waals surface area contributed by atoms with Crippen LogP contribution in [0.3, 0.4) is 0 Å². The van der Waals surface area contributed by atoms with Gasteiger partial charge >= 0.3 is 0 Å². The highest BCUT2D eigenvalue weighted by atomic mass is 32.2. The highest BCUT2D eigenvalue weighted by Gasteiger charge is 2.16. The van der Waals surface area contributed by atoms with Crippen LogP contribution in [0.5, 0.6) is 0 Å². The van der Waals surface area contributed by atoms with Gasteiger partial charge in [0.15, 0.2) is 4.34 Å². The van der Waals surface area contributed by atoms with Crippen molar-refractivity contribution in [1.29, 1.82) is 0 Å². The fourth-order valence-corrected chi connectivity index (χ4v) is 3.31. The molecule has 0 aliphatic carbocycles. The number of rotatable bonds is 7. The zero-order valence-corrected chi connectivity index (χ0v) is 13.0. The molecule has 1 unspecified atom stereocenters. The van der Waals surface area contributed by atoms with Gasteiger partial charge in [-0.1, -0.05) is 29.0 Å². The Bertz CT molecular complexity index is 618. The molecule has 2 rings (SSSR count). The highest BCUT2D eigenvalue weighted by Crippen LogP contribution is 2.29. The zero-order valence-electron chi connectivity index (χ0n) is 11.3. The number of anilines is 1. The number of hydrogen-bond donors (Lipinski definition) is 2. The molecule has 0 saturated carbocycles. The van der Waals surface area contributed by atoms with Crippen molar-refractivity contribution < 1.29 is 9.21 Å². The lowest BCUT2D eigenvalue weighted by Crippen LogP contribution is -2.30. The van der Waals surface area contributed by atoms with Gasteiger partial charge in [0, 0.05) is 0 Å². The lowest BCUT2D eigenvalue weighted by molar-refractivity contribution is -0.120. The number of terminal acetylenes is 1. The smallest absolute Gasteiger partial charge is 0.234 e. The Morgan fingerprint density at radius 2 is 2.48 bits per heavy atom. The Morgan fingerprint density at radius 3 is 3.19 bits per heavy atom. The lowest BCUT2D eigenvalue weighted by Gasteiger charge is -2.07. The molecule has 0 radical (unpaired) electrons. The second-order valence-corrected chi connectivity index (χ2v) is 6.55. The predicted molar refractivity (Wildman–Crippen MR) is 83.1 cm³/mol. The number of thioether (sulfide) groups is 1. The van der Waals surface area contributed by atoms with Crippen LogP contribution in [0, 0.1) is 12.3 Å². The molecular weight excluding hydrogens is 308 g/mol. The molecule has 110 valence electrons. The summed E-state index contributed by atoms with van der Waals surface area (Å²) in [6.45, 7) is 2.58. The van der Waals surface area contributed by atoms with E-state index >= 15 is 0 Å². The monoisotopic (exact) mass is 322 g/mol. The molecule has 8 heteroatoms. The molecule has 0 bridgehead atoms. The Kier molecular flexibility index (Phi) is 5.66. The minimum absolute atomic E-state index is 0.113. The molecule has 2 heterocycles. The Hall–Kier alpha value is -1.98. The van der Waals surface area contributed by atoms with Crippen LogP contribution >= 0.6 is 23.1 Å². The van der Waals surface area contributed by atoms with Gasteiger partial charge in [-0.15, -0.1) is 16.6 Å². The average Bonchev–Trinajstić information content (AvgIpc) is 3.13. The standard InChI is InChI=1S/C13H14N4O2S2/c1-3-6-14-11(18)9(2)20-13-17-16-12(21-13)15-8-10-5-4-7-19-10/h1,4-5,7,9H,6,8H2,2H3,(H,14,18)(H,15,16). The van der Waals surface area contributed by atoms with Crippen molar-refractivity contribution in [3.05, 3.63) is 24.2 Å². The Balaban J connectivity index is 1.82. The molecule has 0 saturated heterocycles. The van der Waals surface area contributed by atoms with Crippen LogP contribution in [-0.2, 0) is 11.3 Å². The molecule has 2 aromatic rings. The van der Waals surface area contributed by atoms with Gasteiger partial charge in [-0.2, -0.15) is 0 Å². The van der Waals surface area contributed by atoms with Gasteiger partial charge in [-0.3, -0.25) is 4.79 Å². The molecule has 0 aromatic carbocycles. The summed E-state index contributed by atoms with van der Waals surface area (Å²) < 4.78 is 5.94. The summed E-state index contributed by atoms with van der Waals surface area (Å²) in [6, 6.07) is 3.70. The average molecular weight is 322 g/mol. The summed E-state index contributed by atoms with van der Waals surface area (Å²) in [4.78, 5) is 11.7. The van der Waals surface area contributed by atoms with Gasteiger partial charge < -0.3 is 15.1 Å². The molecule has 1 atom stereocenters. The first kappa shape index (κ1) is 15.4. The number of hydrogen-bond acceptors (Lipinski definition) is 7. The quantitative estimate of drug-likeness (QED) is 0.599. The fourth-order valence-electron chi connectivity index (χ4n) is 1.39. The SMILES string of the molecule is C#CCNC(=O)C(C)Sc1nnc(NCc2ccco2)s1. The molecule has 0 spiro atoms. The second-order valence-electron chi connectivity index (χ2n) is 3.99. The third kappa shape index (κ3) is 4.81. The van der Waals surface area contributed by atoms with Crippen molar-refractivity contribution >= 4 is 34.1 Å². The van der Waals surface area contributed by atoms with Crippen LogP contribution in [0.1, 0.15) is 12.7 Å². The maximum absolute atomic E-state index is 11.7. The van der Waals surface area contributed by atoms with Gasteiger partial charge in [0.2, 0.25) is 11.0 Å². The number of nitrogens with one attached hydrogen (secondary N) is 2. The van der Waals surface area contributed by atoms with Gasteiger partial charge in [0.25, 0.3) is 0 Å². The first-order valence-corrected chi connectivity index (χ1v) is 7.86. The summed E-state index contributed by atoms with van der Waals surface area (Å²) in [7, 11) is 0. The third-order valence-corrected chi connectivity index (χ3v) is 4.48. The molecule has 21 heavy (non-hydrogen) atoms. The molecular formula is C13H14N4O2S2. The van der Waals surface area contributed by atoms with E-state index in [4.69, 9.17) is 10.8 Å². The highest BCUT2D eigenvalue weighted by molar-refractivity contribution is 8.02. The van der Waals surface area contributed by atoms with E-state index in [1.165, 1.54) is 23.1 Å². The number of carbonyl (C=O) groups excluding carboxylic acids is 1. The van der Waals surface area contributed by atoms with Crippen LogP contribution in [-0.4, -0.2) is 27.9 Å². The van der Waals surface area contributed by atoms with Crippen LogP contribution < -0.4 is 10.6 Å². The topological polar surface area (TPSA) is 80.0 Å². The maximum atomic E-state index is 11.7. The van der Waals surface area contributed by atoms with Crippen molar-refractivity contribution in [2.24, 2.45) is 0 Å². The fraction of sp³-hybridized carbons (Fsp3) is 0.308. The second kappa shape index (κ2) is 7.71. The van der Waals surface area contributed by atoms with E-state index in [2.05, 4.69) is 26.8 Å². The maximum Gasteiger partial charge on any atom is 0.234 e. The number of furan rings is 1. The van der Waals surface area contributed by atoms with E-state index in [1.54, 1.807) is 13.2 Å². The van der Waals surface area contributed by atoms with E-state index < -0.39 is 0 Å². The summed E-state index contributed by atoms with van der Waals surface area (Å²) in [5, 5.41) is 14.2. The molecule has 0 aliphatic heterocycles. The van der Waals surface area contributed by atoms with Gasteiger partial charge in [-0.25, -0.2) is 0 Å². The predicted octanol–water partition coefficient (Wildman–Crippen LogP) is 1.97.